The van der Waals surface area contributed by atoms with Gasteiger partial charge in [-0.15, -0.1) is 24.0 Å². The molecule has 4 N–H and O–H groups in total. The summed E-state index contributed by atoms with van der Waals surface area (Å²) in [5.41, 5.74) is 5.20. The maximum absolute atomic E-state index is 11.2. The molecule has 0 amide bonds. The van der Waals surface area contributed by atoms with E-state index in [0.717, 1.165) is 25.9 Å². The van der Waals surface area contributed by atoms with E-state index in [2.05, 4.69) is 26.9 Å². The SMILES string of the molecule is CCN1CCCC1CNC(N)=NCC(C)(C)NS(C)(=O)=O.I. The van der Waals surface area contributed by atoms with E-state index in [0.29, 0.717) is 18.5 Å². The van der Waals surface area contributed by atoms with Gasteiger partial charge in [0, 0.05) is 18.1 Å². The zero-order valence-electron chi connectivity index (χ0n) is 13.9. The molecule has 0 saturated carbocycles. The number of likely N-dealkylation sites (tertiary alicyclic amines) is 1. The molecule has 1 heterocycles. The first-order chi connectivity index (χ1) is 9.63. The molecule has 1 atom stereocenters. The van der Waals surface area contributed by atoms with E-state index in [-0.39, 0.29) is 24.0 Å². The van der Waals surface area contributed by atoms with Gasteiger partial charge in [-0.05, 0) is 39.8 Å². The Morgan fingerprint density at radius 1 is 1.45 bits per heavy atom. The number of likely N-dealkylation sites (N-methyl/N-ethyl adjacent to an activating group) is 1. The number of hydrogen-bond donors (Lipinski definition) is 3. The Kier molecular flexibility index (Phi) is 9.18. The highest BCUT2D eigenvalue weighted by Crippen LogP contribution is 2.15. The third-order valence-electron chi connectivity index (χ3n) is 3.53. The van der Waals surface area contributed by atoms with Crippen LogP contribution in [0.5, 0.6) is 0 Å². The Labute approximate surface area is 151 Å². The van der Waals surface area contributed by atoms with Crippen molar-refractivity contribution in [2.75, 3.05) is 32.4 Å². The van der Waals surface area contributed by atoms with Crippen molar-refractivity contribution in [2.24, 2.45) is 10.7 Å². The molecule has 1 unspecified atom stereocenters. The Hall–Kier alpha value is -0.130. The second kappa shape index (κ2) is 9.24. The molecular formula is C13H30IN5O2S. The molecule has 0 aromatic rings. The summed E-state index contributed by atoms with van der Waals surface area (Å²) in [6, 6.07) is 0.505. The minimum atomic E-state index is -3.25. The molecule has 1 fully saturated rings. The summed E-state index contributed by atoms with van der Waals surface area (Å²) < 4.78 is 25.0. The fraction of sp³-hybridized carbons (Fsp3) is 0.923. The molecule has 132 valence electrons. The lowest BCUT2D eigenvalue weighted by molar-refractivity contribution is 0.267. The minimum Gasteiger partial charge on any atom is -0.370 e. The molecule has 1 aliphatic heterocycles. The lowest BCUT2D eigenvalue weighted by atomic mass is 10.1. The molecule has 1 rings (SSSR count). The Morgan fingerprint density at radius 3 is 2.64 bits per heavy atom. The molecule has 0 spiro atoms. The molecular weight excluding hydrogens is 417 g/mol. The van der Waals surface area contributed by atoms with E-state index < -0.39 is 15.6 Å². The van der Waals surface area contributed by atoms with Gasteiger partial charge in [-0.2, -0.15) is 0 Å². The summed E-state index contributed by atoms with van der Waals surface area (Å²) in [6.07, 6.45) is 3.54. The van der Waals surface area contributed by atoms with Gasteiger partial charge in [0.25, 0.3) is 0 Å². The number of nitrogens with zero attached hydrogens (tertiary/aromatic N) is 2. The van der Waals surface area contributed by atoms with Gasteiger partial charge in [0.15, 0.2) is 5.96 Å². The maximum atomic E-state index is 11.2. The number of sulfonamides is 1. The van der Waals surface area contributed by atoms with Crippen LogP contribution >= 0.6 is 24.0 Å². The monoisotopic (exact) mass is 447 g/mol. The van der Waals surface area contributed by atoms with Crippen molar-refractivity contribution in [3.63, 3.8) is 0 Å². The third-order valence-corrected chi connectivity index (χ3v) is 4.45. The van der Waals surface area contributed by atoms with Crippen LogP contribution in [0.3, 0.4) is 0 Å². The first-order valence-electron chi connectivity index (χ1n) is 7.40. The van der Waals surface area contributed by atoms with Crippen LogP contribution in [0.15, 0.2) is 4.99 Å². The van der Waals surface area contributed by atoms with Crippen molar-refractivity contribution in [3.8, 4) is 0 Å². The zero-order valence-corrected chi connectivity index (χ0v) is 17.1. The fourth-order valence-electron chi connectivity index (χ4n) is 2.64. The maximum Gasteiger partial charge on any atom is 0.209 e. The molecule has 22 heavy (non-hydrogen) atoms. The third kappa shape index (κ3) is 8.49. The van der Waals surface area contributed by atoms with Crippen LogP contribution in [-0.2, 0) is 10.0 Å². The van der Waals surface area contributed by atoms with Crippen LogP contribution in [0.1, 0.15) is 33.6 Å². The fourth-order valence-corrected chi connectivity index (χ4v) is 3.71. The average Bonchev–Trinajstić information content (AvgIpc) is 2.78. The normalized spacial score (nSPS) is 20.7. The van der Waals surface area contributed by atoms with Gasteiger partial charge < -0.3 is 11.1 Å². The van der Waals surface area contributed by atoms with Gasteiger partial charge in [0.05, 0.1) is 12.8 Å². The second-order valence-electron chi connectivity index (χ2n) is 6.27. The highest BCUT2D eigenvalue weighted by Gasteiger charge is 2.23. The molecule has 0 bridgehead atoms. The average molecular weight is 447 g/mol. The molecule has 0 aromatic heterocycles. The number of nitrogens with one attached hydrogen (secondary N) is 2. The largest absolute Gasteiger partial charge is 0.370 e. The number of guanidine groups is 1. The minimum absolute atomic E-state index is 0. The first-order valence-corrected chi connectivity index (χ1v) is 9.29. The van der Waals surface area contributed by atoms with Crippen molar-refractivity contribution < 1.29 is 8.42 Å². The standard InChI is InChI=1S/C13H29N5O2S.HI/c1-5-18-8-6-7-11(18)9-15-12(14)16-10-13(2,3)17-21(4,19)20;/h11,17H,5-10H2,1-4H3,(H3,14,15,16);1H. The highest BCUT2D eigenvalue weighted by atomic mass is 127. The quantitative estimate of drug-likeness (QED) is 0.297. The lowest BCUT2D eigenvalue weighted by Crippen LogP contribution is -2.47. The van der Waals surface area contributed by atoms with Gasteiger partial charge in [0.2, 0.25) is 10.0 Å². The van der Waals surface area contributed by atoms with Crippen LogP contribution in [0.25, 0.3) is 0 Å². The lowest BCUT2D eigenvalue weighted by Gasteiger charge is -2.24. The van der Waals surface area contributed by atoms with E-state index in [1.165, 1.54) is 12.8 Å². The summed E-state index contributed by atoms with van der Waals surface area (Å²) in [6.45, 7) is 8.99. The summed E-state index contributed by atoms with van der Waals surface area (Å²) >= 11 is 0. The Bertz CT molecular complexity index is 467. The molecule has 1 aliphatic rings. The highest BCUT2D eigenvalue weighted by molar-refractivity contribution is 14.0. The Balaban J connectivity index is 0.00000441. The van der Waals surface area contributed by atoms with E-state index in [1.54, 1.807) is 13.8 Å². The van der Waals surface area contributed by atoms with E-state index in [4.69, 9.17) is 5.73 Å². The van der Waals surface area contributed by atoms with Crippen molar-refractivity contribution in [1.29, 1.82) is 0 Å². The summed E-state index contributed by atoms with van der Waals surface area (Å²) in [7, 11) is -3.25. The van der Waals surface area contributed by atoms with E-state index in [1.807, 2.05) is 0 Å². The summed E-state index contributed by atoms with van der Waals surface area (Å²) in [5.74, 6) is 0.362. The predicted molar refractivity (Wildman–Crippen MR) is 102 cm³/mol. The van der Waals surface area contributed by atoms with Crippen LogP contribution in [0.4, 0.5) is 0 Å². The van der Waals surface area contributed by atoms with Crippen molar-refractivity contribution >= 4 is 40.0 Å². The van der Waals surface area contributed by atoms with Crippen LogP contribution in [0, 0.1) is 0 Å². The number of rotatable bonds is 7. The van der Waals surface area contributed by atoms with Gasteiger partial charge >= 0.3 is 0 Å². The van der Waals surface area contributed by atoms with Crippen molar-refractivity contribution in [2.45, 2.75) is 45.2 Å². The smallest absolute Gasteiger partial charge is 0.209 e. The van der Waals surface area contributed by atoms with E-state index >= 15 is 0 Å². The van der Waals surface area contributed by atoms with Gasteiger partial charge in [-0.25, -0.2) is 13.1 Å². The molecule has 0 aromatic carbocycles. The summed E-state index contributed by atoms with van der Waals surface area (Å²) in [4.78, 5) is 6.66. The second-order valence-corrected chi connectivity index (χ2v) is 8.01. The first kappa shape index (κ1) is 21.9. The molecule has 0 aliphatic carbocycles. The van der Waals surface area contributed by atoms with Gasteiger partial charge in [-0.1, -0.05) is 6.92 Å². The number of nitrogens with two attached hydrogens (primary N) is 1. The van der Waals surface area contributed by atoms with Gasteiger partial charge in [-0.3, -0.25) is 9.89 Å². The van der Waals surface area contributed by atoms with Crippen LogP contribution < -0.4 is 15.8 Å². The zero-order chi connectivity index (χ0) is 16.1. The van der Waals surface area contributed by atoms with E-state index in [9.17, 15) is 8.42 Å². The van der Waals surface area contributed by atoms with Crippen LogP contribution in [-0.4, -0.2) is 63.3 Å². The topological polar surface area (TPSA) is 99.8 Å². The predicted octanol–water partition coefficient (Wildman–Crippen LogP) is 0.321. The number of hydrogen-bond acceptors (Lipinski definition) is 4. The number of halogens is 1. The molecule has 1 saturated heterocycles. The Morgan fingerprint density at radius 2 is 2.09 bits per heavy atom. The van der Waals surface area contributed by atoms with Gasteiger partial charge in [0.1, 0.15) is 0 Å². The summed E-state index contributed by atoms with van der Waals surface area (Å²) in [5, 5.41) is 3.13. The van der Waals surface area contributed by atoms with Crippen molar-refractivity contribution in [3.05, 3.63) is 0 Å². The molecule has 7 nitrogen and oxygen atoms in total. The molecule has 0 radical (unpaired) electrons. The van der Waals surface area contributed by atoms with Crippen molar-refractivity contribution in [1.82, 2.24) is 14.9 Å². The number of aliphatic imine (C=N–C) groups is 1. The molecule has 9 heteroatoms. The van der Waals surface area contributed by atoms with Crippen LogP contribution in [0.2, 0.25) is 0 Å².